The fourth-order valence-electron chi connectivity index (χ4n) is 1.58. The van der Waals surface area contributed by atoms with Crippen LogP contribution in [0.4, 0.5) is 5.69 Å². The van der Waals surface area contributed by atoms with Crippen molar-refractivity contribution in [3.63, 3.8) is 0 Å². The fraction of sp³-hybridized carbons (Fsp3) is 0.0769. The highest BCUT2D eigenvalue weighted by Crippen LogP contribution is 2.27. The normalized spacial score (nSPS) is 10.8. The molecule has 4 nitrogen and oxygen atoms in total. The van der Waals surface area contributed by atoms with E-state index in [-0.39, 0.29) is 5.91 Å². The van der Waals surface area contributed by atoms with Crippen molar-refractivity contribution in [2.24, 2.45) is 0 Å². The summed E-state index contributed by atoms with van der Waals surface area (Å²) in [6.07, 6.45) is 6.55. The van der Waals surface area contributed by atoms with E-state index < -0.39 is 0 Å². The summed E-state index contributed by atoms with van der Waals surface area (Å²) in [5.74, 6) is -0.201. The van der Waals surface area contributed by atoms with Gasteiger partial charge in [0.25, 0.3) is 0 Å². The first kappa shape index (κ1) is 12.4. The highest BCUT2D eigenvalue weighted by molar-refractivity contribution is 6.33. The number of aromatic nitrogens is 2. The number of halogens is 1. The van der Waals surface area contributed by atoms with Crippen LogP contribution in [0.2, 0.25) is 5.02 Å². The lowest BCUT2D eigenvalue weighted by molar-refractivity contribution is -0.111. The van der Waals surface area contributed by atoms with Gasteiger partial charge in [-0.15, -0.1) is 0 Å². The van der Waals surface area contributed by atoms with E-state index in [9.17, 15) is 4.79 Å². The lowest BCUT2D eigenvalue weighted by Gasteiger charge is -2.11. The molecular weight excluding hydrogens is 250 g/mol. The molecule has 0 aliphatic rings. The van der Waals surface area contributed by atoms with E-state index in [4.69, 9.17) is 11.6 Å². The molecule has 0 atom stereocenters. The summed E-state index contributed by atoms with van der Waals surface area (Å²) < 4.78 is 1.62. The van der Waals surface area contributed by atoms with Crippen molar-refractivity contribution >= 4 is 23.2 Å². The first-order chi connectivity index (χ1) is 8.72. The van der Waals surface area contributed by atoms with E-state index in [1.807, 2.05) is 0 Å². The van der Waals surface area contributed by atoms with E-state index in [2.05, 4.69) is 10.4 Å². The Kier molecular flexibility index (Phi) is 3.79. The van der Waals surface area contributed by atoms with Gasteiger partial charge in [0.1, 0.15) is 5.69 Å². The number of benzene rings is 1. The number of rotatable bonds is 3. The van der Waals surface area contributed by atoms with Crippen molar-refractivity contribution in [1.29, 1.82) is 0 Å². The molecule has 92 valence electrons. The summed E-state index contributed by atoms with van der Waals surface area (Å²) in [6, 6.07) is 7.11. The number of carbonyl (C=O) groups excluding carboxylic acids is 1. The van der Waals surface area contributed by atoms with Crippen LogP contribution in [0, 0.1) is 0 Å². The van der Waals surface area contributed by atoms with Gasteiger partial charge in [-0.25, -0.2) is 4.68 Å². The summed E-state index contributed by atoms with van der Waals surface area (Å²) in [5, 5.41) is 7.42. The summed E-state index contributed by atoms with van der Waals surface area (Å²) in [7, 11) is 0. The fourth-order valence-corrected chi connectivity index (χ4v) is 1.84. The maximum absolute atomic E-state index is 11.6. The van der Waals surface area contributed by atoms with E-state index in [1.165, 1.54) is 6.08 Å². The molecule has 1 amide bonds. The Morgan fingerprint density at radius 2 is 2.28 bits per heavy atom. The van der Waals surface area contributed by atoms with Crippen LogP contribution in [0.1, 0.15) is 6.92 Å². The Labute approximate surface area is 110 Å². The topological polar surface area (TPSA) is 46.9 Å². The van der Waals surface area contributed by atoms with Crippen LogP contribution in [0.3, 0.4) is 0 Å². The molecule has 0 aliphatic heterocycles. The number of hydrogen-bond donors (Lipinski definition) is 1. The molecule has 0 fully saturated rings. The van der Waals surface area contributed by atoms with Crippen LogP contribution in [0.25, 0.3) is 5.69 Å². The van der Waals surface area contributed by atoms with Crippen LogP contribution >= 0.6 is 11.6 Å². The van der Waals surface area contributed by atoms with Gasteiger partial charge < -0.3 is 5.32 Å². The number of anilines is 1. The van der Waals surface area contributed by atoms with Gasteiger partial charge in [0.2, 0.25) is 5.91 Å². The largest absolute Gasteiger partial charge is 0.321 e. The van der Waals surface area contributed by atoms with Gasteiger partial charge in [-0.1, -0.05) is 23.7 Å². The zero-order valence-corrected chi connectivity index (χ0v) is 10.6. The first-order valence-electron chi connectivity index (χ1n) is 5.44. The zero-order valence-electron chi connectivity index (χ0n) is 9.80. The Morgan fingerprint density at radius 1 is 1.44 bits per heavy atom. The SMILES string of the molecule is CC=CC(=O)Nc1cccc(Cl)c1-n1cccn1. The molecule has 5 heteroatoms. The van der Waals surface area contributed by atoms with Gasteiger partial charge in [-0.05, 0) is 31.2 Å². The van der Waals surface area contributed by atoms with Gasteiger partial charge in [0.05, 0.1) is 10.7 Å². The second kappa shape index (κ2) is 5.51. The van der Waals surface area contributed by atoms with E-state index >= 15 is 0 Å². The molecule has 0 radical (unpaired) electrons. The van der Waals surface area contributed by atoms with Gasteiger partial charge in [-0.2, -0.15) is 5.10 Å². The quantitative estimate of drug-likeness (QED) is 0.864. The number of allylic oxidation sites excluding steroid dienone is 1. The summed E-state index contributed by atoms with van der Waals surface area (Å²) in [5.41, 5.74) is 1.27. The summed E-state index contributed by atoms with van der Waals surface area (Å²) in [4.78, 5) is 11.6. The van der Waals surface area contributed by atoms with Crippen LogP contribution < -0.4 is 5.32 Å². The summed E-state index contributed by atoms with van der Waals surface area (Å²) >= 11 is 6.15. The minimum absolute atomic E-state index is 0.201. The average Bonchev–Trinajstić information content (AvgIpc) is 2.82. The number of para-hydroxylation sites is 1. The lowest BCUT2D eigenvalue weighted by atomic mass is 10.2. The maximum atomic E-state index is 11.6. The van der Waals surface area contributed by atoms with Crippen LogP contribution in [-0.4, -0.2) is 15.7 Å². The van der Waals surface area contributed by atoms with Crippen molar-refractivity contribution in [1.82, 2.24) is 9.78 Å². The van der Waals surface area contributed by atoms with E-state index in [0.717, 1.165) is 0 Å². The van der Waals surface area contributed by atoms with Crippen molar-refractivity contribution in [2.75, 3.05) is 5.32 Å². The van der Waals surface area contributed by atoms with Crippen LogP contribution in [0.15, 0.2) is 48.8 Å². The number of amides is 1. The predicted octanol–water partition coefficient (Wildman–Crippen LogP) is 3.04. The third-order valence-electron chi connectivity index (χ3n) is 2.30. The van der Waals surface area contributed by atoms with Crippen molar-refractivity contribution < 1.29 is 4.79 Å². The maximum Gasteiger partial charge on any atom is 0.248 e. The third kappa shape index (κ3) is 2.60. The van der Waals surface area contributed by atoms with Crippen LogP contribution in [-0.2, 0) is 4.79 Å². The number of carbonyl (C=O) groups is 1. The highest BCUT2D eigenvalue weighted by atomic mass is 35.5. The monoisotopic (exact) mass is 261 g/mol. The van der Waals surface area contributed by atoms with Crippen molar-refractivity contribution in [3.8, 4) is 5.69 Å². The van der Waals surface area contributed by atoms with Crippen molar-refractivity contribution in [3.05, 3.63) is 53.8 Å². The second-order valence-corrected chi connectivity index (χ2v) is 3.98. The molecule has 2 rings (SSSR count). The highest BCUT2D eigenvalue weighted by Gasteiger charge is 2.10. The molecule has 0 saturated carbocycles. The molecule has 1 heterocycles. The molecule has 18 heavy (non-hydrogen) atoms. The van der Waals surface area contributed by atoms with E-state index in [1.54, 1.807) is 54.3 Å². The minimum Gasteiger partial charge on any atom is -0.321 e. The molecule has 0 saturated heterocycles. The zero-order chi connectivity index (χ0) is 13.0. The Hall–Kier alpha value is -2.07. The smallest absolute Gasteiger partial charge is 0.248 e. The molecular formula is C13H12ClN3O. The first-order valence-corrected chi connectivity index (χ1v) is 5.82. The Bertz CT molecular complexity index is 576. The van der Waals surface area contributed by atoms with Gasteiger partial charge in [0, 0.05) is 12.4 Å². The average molecular weight is 262 g/mol. The lowest BCUT2D eigenvalue weighted by Crippen LogP contribution is -2.11. The predicted molar refractivity (Wildman–Crippen MR) is 72.0 cm³/mol. The third-order valence-corrected chi connectivity index (χ3v) is 2.60. The van der Waals surface area contributed by atoms with Gasteiger partial charge in [0.15, 0.2) is 0 Å². The Balaban J connectivity index is 2.42. The molecule has 0 spiro atoms. The number of nitrogens with zero attached hydrogens (tertiary/aromatic N) is 2. The van der Waals surface area contributed by atoms with Crippen molar-refractivity contribution in [2.45, 2.75) is 6.92 Å². The summed E-state index contributed by atoms with van der Waals surface area (Å²) in [6.45, 7) is 1.78. The molecule has 2 aromatic rings. The molecule has 0 bridgehead atoms. The molecule has 1 N–H and O–H groups in total. The Morgan fingerprint density at radius 3 is 2.94 bits per heavy atom. The number of hydrogen-bond acceptors (Lipinski definition) is 2. The van der Waals surface area contributed by atoms with Crippen LogP contribution in [0.5, 0.6) is 0 Å². The molecule has 1 aromatic carbocycles. The molecule has 1 aromatic heterocycles. The standard InChI is InChI=1S/C13H12ClN3O/c1-2-5-12(18)16-11-7-3-6-10(14)13(11)17-9-4-8-15-17/h2-9H,1H3,(H,16,18). The minimum atomic E-state index is -0.201. The van der Waals surface area contributed by atoms with Gasteiger partial charge >= 0.3 is 0 Å². The number of nitrogens with one attached hydrogen (secondary N) is 1. The second-order valence-electron chi connectivity index (χ2n) is 3.58. The van der Waals surface area contributed by atoms with Gasteiger partial charge in [-0.3, -0.25) is 4.79 Å². The molecule has 0 aliphatic carbocycles. The molecule has 0 unspecified atom stereocenters. The van der Waals surface area contributed by atoms with E-state index in [0.29, 0.717) is 16.4 Å².